The summed E-state index contributed by atoms with van der Waals surface area (Å²) in [6, 6.07) is 20.5. The number of carbonyl (C=O) groups excluding carboxylic acids is 2. The van der Waals surface area contributed by atoms with Crippen LogP contribution in [0, 0.1) is 6.92 Å². The molecule has 7 nitrogen and oxygen atoms in total. The summed E-state index contributed by atoms with van der Waals surface area (Å²) >= 11 is 0. The van der Waals surface area contributed by atoms with E-state index in [1.54, 1.807) is 36.4 Å². The van der Waals surface area contributed by atoms with Crippen LogP contribution < -0.4 is 14.8 Å². The van der Waals surface area contributed by atoms with Gasteiger partial charge < -0.3 is 24.6 Å². The van der Waals surface area contributed by atoms with Crippen molar-refractivity contribution in [1.82, 2.24) is 5.32 Å². The average Bonchev–Trinajstić information content (AvgIpc) is 2.81. The second-order valence-corrected chi connectivity index (χ2v) is 9.20. The van der Waals surface area contributed by atoms with Gasteiger partial charge in [0.1, 0.15) is 11.9 Å². The molecule has 7 heteroatoms. The summed E-state index contributed by atoms with van der Waals surface area (Å²) in [5.41, 5.74) is 1.62. The van der Waals surface area contributed by atoms with Gasteiger partial charge in [-0.05, 0) is 69.7 Å². The molecular weight excluding hydrogens is 446 g/mol. The molecule has 0 saturated carbocycles. The summed E-state index contributed by atoms with van der Waals surface area (Å²) in [6.07, 6.45) is -0.700. The predicted molar refractivity (Wildman–Crippen MR) is 133 cm³/mol. The highest BCUT2D eigenvalue weighted by molar-refractivity contribution is 5.91. The van der Waals surface area contributed by atoms with Crippen LogP contribution in [0.5, 0.6) is 17.2 Å². The number of phenols is 1. The highest BCUT2D eigenvalue weighted by Crippen LogP contribution is 2.31. The minimum absolute atomic E-state index is 0.0153. The van der Waals surface area contributed by atoms with Crippen LogP contribution in [0.2, 0.25) is 0 Å². The number of hydrogen-bond donors (Lipinski definition) is 2. The summed E-state index contributed by atoms with van der Waals surface area (Å²) in [7, 11) is 0. The highest BCUT2D eigenvalue weighted by atomic mass is 16.6. The molecule has 3 rings (SSSR count). The van der Waals surface area contributed by atoms with E-state index in [2.05, 4.69) is 5.32 Å². The minimum atomic E-state index is -0.700. The lowest BCUT2D eigenvalue weighted by atomic mass is 10.1. The van der Waals surface area contributed by atoms with E-state index in [1.807, 2.05) is 52.0 Å². The molecule has 0 fully saturated rings. The first kappa shape index (κ1) is 25.8. The zero-order valence-electron chi connectivity index (χ0n) is 20.4. The van der Waals surface area contributed by atoms with E-state index in [-0.39, 0.29) is 23.6 Å². The number of para-hydroxylation sites is 1. The number of ether oxygens (including phenoxy) is 3. The van der Waals surface area contributed by atoms with Gasteiger partial charge in [0.15, 0.2) is 18.1 Å². The van der Waals surface area contributed by atoms with E-state index in [0.717, 1.165) is 5.56 Å². The lowest BCUT2D eigenvalue weighted by Crippen LogP contribution is -2.39. The van der Waals surface area contributed by atoms with Gasteiger partial charge in [0.05, 0.1) is 5.56 Å². The molecule has 35 heavy (non-hydrogen) atoms. The van der Waals surface area contributed by atoms with Gasteiger partial charge in [0.2, 0.25) is 0 Å². The van der Waals surface area contributed by atoms with Gasteiger partial charge in [-0.2, -0.15) is 0 Å². The van der Waals surface area contributed by atoms with Gasteiger partial charge >= 0.3 is 11.9 Å². The first-order valence-electron chi connectivity index (χ1n) is 11.3. The summed E-state index contributed by atoms with van der Waals surface area (Å²) in [6.45, 7) is 7.92. The summed E-state index contributed by atoms with van der Waals surface area (Å²) in [5.74, 6) is -0.787. The molecule has 0 radical (unpaired) electrons. The highest BCUT2D eigenvalue weighted by Gasteiger charge is 2.22. The quantitative estimate of drug-likeness (QED) is 0.332. The van der Waals surface area contributed by atoms with Gasteiger partial charge in [-0.1, -0.05) is 42.0 Å². The smallest absolute Gasteiger partial charge is 0.344 e. The van der Waals surface area contributed by atoms with Crippen LogP contribution >= 0.6 is 0 Å². The van der Waals surface area contributed by atoms with Crippen molar-refractivity contribution < 1.29 is 28.9 Å². The largest absolute Gasteiger partial charge is 0.504 e. The second-order valence-electron chi connectivity index (χ2n) is 9.20. The molecule has 0 amide bonds. The Morgan fingerprint density at radius 1 is 0.971 bits per heavy atom. The molecule has 0 aliphatic carbocycles. The predicted octanol–water partition coefficient (Wildman–Crippen LogP) is 4.97. The van der Waals surface area contributed by atoms with Gasteiger partial charge in [-0.15, -0.1) is 0 Å². The zero-order valence-corrected chi connectivity index (χ0v) is 20.4. The number of rotatable bonds is 9. The Morgan fingerprint density at radius 3 is 2.37 bits per heavy atom. The molecule has 0 aromatic heterocycles. The van der Waals surface area contributed by atoms with Crippen molar-refractivity contribution >= 4 is 11.9 Å². The monoisotopic (exact) mass is 477 g/mol. The van der Waals surface area contributed by atoms with E-state index >= 15 is 0 Å². The van der Waals surface area contributed by atoms with E-state index in [4.69, 9.17) is 14.2 Å². The van der Waals surface area contributed by atoms with Crippen molar-refractivity contribution in [2.24, 2.45) is 0 Å². The van der Waals surface area contributed by atoms with Crippen molar-refractivity contribution in [3.8, 4) is 17.2 Å². The van der Waals surface area contributed by atoms with E-state index in [9.17, 15) is 14.7 Å². The zero-order chi connectivity index (χ0) is 25.4. The van der Waals surface area contributed by atoms with Gasteiger partial charge in [-0.25, -0.2) is 9.59 Å². The fraction of sp³-hybridized carbons (Fsp3) is 0.286. The Hall–Kier alpha value is -3.84. The number of phenolic OH excluding ortho intramolecular Hbond substituents is 1. The molecular formula is C28H31NO6. The maximum Gasteiger partial charge on any atom is 0.344 e. The molecule has 3 aromatic carbocycles. The van der Waals surface area contributed by atoms with Gasteiger partial charge in [0, 0.05) is 12.1 Å². The second kappa shape index (κ2) is 11.5. The third-order valence-electron chi connectivity index (χ3n) is 5.00. The Balaban J connectivity index is 1.71. The molecule has 1 atom stereocenters. The lowest BCUT2D eigenvalue weighted by molar-refractivity contribution is -0.151. The van der Waals surface area contributed by atoms with E-state index < -0.39 is 18.0 Å². The molecule has 0 aliphatic heterocycles. The molecule has 0 bridgehead atoms. The van der Waals surface area contributed by atoms with Crippen molar-refractivity contribution in [2.75, 3.05) is 13.2 Å². The normalized spacial score (nSPS) is 12.0. The number of aromatic hydroxyl groups is 1. The number of benzene rings is 3. The Kier molecular flexibility index (Phi) is 8.49. The van der Waals surface area contributed by atoms with Crippen LogP contribution in [0.15, 0.2) is 72.8 Å². The molecule has 0 saturated heterocycles. The van der Waals surface area contributed by atoms with E-state index in [1.165, 1.54) is 12.1 Å². The van der Waals surface area contributed by atoms with Gasteiger partial charge in [-0.3, -0.25) is 0 Å². The van der Waals surface area contributed by atoms with Crippen molar-refractivity contribution in [2.45, 2.75) is 39.3 Å². The van der Waals surface area contributed by atoms with Crippen LogP contribution in [-0.2, 0) is 9.53 Å². The molecule has 0 heterocycles. The van der Waals surface area contributed by atoms with Crippen molar-refractivity contribution in [1.29, 1.82) is 0 Å². The standard InChI is InChI=1S/C28H31NO6/c1-19-9-8-10-21(15-19)27(32)35-24-14-13-20(16-23(24)30)25(17-29-28(2,3)4)34-26(31)18-33-22-11-6-5-7-12-22/h5-16,25,29-30H,17-18H2,1-4H3. The first-order chi connectivity index (χ1) is 16.6. The fourth-order valence-corrected chi connectivity index (χ4v) is 3.23. The maximum atomic E-state index is 12.5. The van der Waals surface area contributed by atoms with Crippen LogP contribution in [0.1, 0.15) is 48.4 Å². The maximum absolute atomic E-state index is 12.5. The number of nitrogens with one attached hydrogen (secondary N) is 1. The third-order valence-corrected chi connectivity index (χ3v) is 5.00. The molecule has 1 unspecified atom stereocenters. The topological polar surface area (TPSA) is 94.1 Å². The minimum Gasteiger partial charge on any atom is -0.504 e. The molecule has 0 spiro atoms. The first-order valence-corrected chi connectivity index (χ1v) is 11.3. The SMILES string of the molecule is Cc1cccc(C(=O)Oc2ccc(C(CNC(C)(C)C)OC(=O)COc3ccccc3)cc2O)c1. The molecule has 2 N–H and O–H groups in total. The number of hydrogen-bond acceptors (Lipinski definition) is 7. The lowest BCUT2D eigenvalue weighted by Gasteiger charge is -2.26. The summed E-state index contributed by atoms with van der Waals surface area (Å²) in [5, 5.41) is 13.8. The third kappa shape index (κ3) is 8.15. The number of carbonyl (C=O) groups is 2. The fourth-order valence-electron chi connectivity index (χ4n) is 3.23. The Bertz CT molecular complexity index is 1150. The summed E-state index contributed by atoms with van der Waals surface area (Å²) < 4.78 is 16.5. The molecule has 0 aliphatic rings. The van der Waals surface area contributed by atoms with Crippen molar-refractivity contribution in [3.05, 3.63) is 89.5 Å². The van der Waals surface area contributed by atoms with Crippen LogP contribution in [0.4, 0.5) is 0 Å². The van der Waals surface area contributed by atoms with Crippen LogP contribution in [-0.4, -0.2) is 35.7 Å². The number of aryl methyl sites for hydroxylation is 1. The van der Waals surface area contributed by atoms with E-state index in [0.29, 0.717) is 23.4 Å². The van der Waals surface area contributed by atoms with Gasteiger partial charge in [0.25, 0.3) is 0 Å². The van der Waals surface area contributed by atoms with Crippen LogP contribution in [0.25, 0.3) is 0 Å². The van der Waals surface area contributed by atoms with Crippen LogP contribution in [0.3, 0.4) is 0 Å². The Morgan fingerprint density at radius 2 is 1.71 bits per heavy atom. The summed E-state index contributed by atoms with van der Waals surface area (Å²) in [4.78, 5) is 25.0. The Labute approximate surface area is 205 Å². The average molecular weight is 478 g/mol. The van der Waals surface area contributed by atoms with Crippen molar-refractivity contribution in [3.63, 3.8) is 0 Å². The number of esters is 2. The molecule has 184 valence electrons. The molecule has 3 aromatic rings.